The molecule has 0 aromatic heterocycles. The average Bonchev–Trinajstić information content (AvgIpc) is 2.54. The van der Waals surface area contributed by atoms with Crippen molar-refractivity contribution >= 4 is 0 Å². The lowest BCUT2D eigenvalue weighted by Gasteiger charge is -2.12. The summed E-state index contributed by atoms with van der Waals surface area (Å²) in [5.74, 6) is 0.905. The van der Waals surface area contributed by atoms with Gasteiger partial charge in [0.15, 0.2) is 0 Å². The second-order valence-electron chi connectivity index (χ2n) is 5.70. The smallest absolute Gasteiger partial charge is 0.119 e. The van der Waals surface area contributed by atoms with Gasteiger partial charge in [-0.3, -0.25) is 0 Å². The van der Waals surface area contributed by atoms with Crippen molar-refractivity contribution in [1.29, 1.82) is 5.26 Å². The van der Waals surface area contributed by atoms with Crippen LogP contribution in [0, 0.1) is 25.2 Å². The first kappa shape index (κ1) is 16.1. The van der Waals surface area contributed by atoms with Crippen LogP contribution in [-0.2, 0) is 0 Å². The van der Waals surface area contributed by atoms with Gasteiger partial charge in [0.2, 0.25) is 0 Å². The van der Waals surface area contributed by atoms with Crippen LogP contribution in [0.25, 0.3) is 0 Å². The van der Waals surface area contributed by atoms with Gasteiger partial charge in [0, 0.05) is 0 Å². The minimum absolute atomic E-state index is 0.0134. The lowest BCUT2D eigenvalue weighted by atomic mass is 9.92. The van der Waals surface area contributed by atoms with Crippen molar-refractivity contribution < 1.29 is 4.74 Å². The van der Waals surface area contributed by atoms with Crippen LogP contribution in [0.5, 0.6) is 5.75 Å². The van der Waals surface area contributed by atoms with Gasteiger partial charge in [-0.25, -0.2) is 0 Å². The van der Waals surface area contributed by atoms with Crippen LogP contribution in [0.15, 0.2) is 48.5 Å². The van der Waals surface area contributed by atoms with Crippen LogP contribution in [0.2, 0.25) is 0 Å². The largest absolute Gasteiger partial charge is 0.494 e. The molecule has 0 heterocycles. The zero-order valence-corrected chi connectivity index (χ0v) is 13.4. The van der Waals surface area contributed by atoms with Crippen molar-refractivity contribution in [3.05, 3.63) is 65.2 Å². The van der Waals surface area contributed by atoms with Crippen molar-refractivity contribution in [3.63, 3.8) is 0 Å². The maximum Gasteiger partial charge on any atom is 0.119 e. The Morgan fingerprint density at radius 3 is 2.41 bits per heavy atom. The quantitative estimate of drug-likeness (QED) is 0.661. The Balaban J connectivity index is 1.74. The zero-order chi connectivity index (χ0) is 15.8. The topological polar surface area (TPSA) is 33.0 Å². The van der Waals surface area contributed by atoms with E-state index in [1.54, 1.807) is 0 Å². The molecule has 114 valence electrons. The van der Waals surface area contributed by atoms with Crippen LogP contribution < -0.4 is 4.74 Å². The van der Waals surface area contributed by atoms with Crippen LogP contribution in [0.4, 0.5) is 0 Å². The summed E-state index contributed by atoms with van der Waals surface area (Å²) in [6, 6.07) is 18.7. The molecule has 0 saturated heterocycles. The summed E-state index contributed by atoms with van der Waals surface area (Å²) in [5.41, 5.74) is 3.59. The number of nitrogens with zero attached hydrogens (tertiary/aromatic N) is 1. The molecule has 0 amide bonds. The van der Waals surface area contributed by atoms with Gasteiger partial charge in [-0.15, -0.1) is 0 Å². The van der Waals surface area contributed by atoms with Gasteiger partial charge < -0.3 is 4.74 Å². The number of hydrogen-bond donors (Lipinski definition) is 0. The predicted molar refractivity (Wildman–Crippen MR) is 90.1 cm³/mol. The van der Waals surface area contributed by atoms with Crippen molar-refractivity contribution in [1.82, 2.24) is 0 Å². The van der Waals surface area contributed by atoms with Gasteiger partial charge in [0.25, 0.3) is 0 Å². The number of nitriles is 1. The molecular weight excluding hydrogens is 270 g/mol. The van der Waals surface area contributed by atoms with Crippen molar-refractivity contribution in [2.75, 3.05) is 6.61 Å². The molecule has 0 aliphatic carbocycles. The molecule has 0 aliphatic heterocycles. The molecule has 1 unspecified atom stereocenters. The Hall–Kier alpha value is -2.27. The Morgan fingerprint density at radius 1 is 1.00 bits per heavy atom. The summed E-state index contributed by atoms with van der Waals surface area (Å²) >= 11 is 0. The van der Waals surface area contributed by atoms with Gasteiger partial charge in [0.1, 0.15) is 5.75 Å². The molecule has 2 aromatic carbocycles. The lowest BCUT2D eigenvalue weighted by Crippen LogP contribution is -2.01. The minimum atomic E-state index is -0.0134. The van der Waals surface area contributed by atoms with Crippen LogP contribution in [0.3, 0.4) is 0 Å². The highest BCUT2D eigenvalue weighted by molar-refractivity contribution is 5.32. The fourth-order valence-electron chi connectivity index (χ4n) is 2.54. The standard InChI is InChI=1S/C20H23NO/c1-16-10-12-19(13-11-16)22-14-6-5-8-18(15-21)20-9-4-3-7-17(20)2/h3-4,7,9-13,18H,5-6,8,14H2,1-2H3. The lowest BCUT2D eigenvalue weighted by molar-refractivity contribution is 0.304. The molecule has 0 saturated carbocycles. The Kier molecular flexibility index (Phi) is 6.03. The third-order valence-electron chi connectivity index (χ3n) is 3.90. The summed E-state index contributed by atoms with van der Waals surface area (Å²) < 4.78 is 5.72. The molecule has 2 nitrogen and oxygen atoms in total. The first-order chi connectivity index (χ1) is 10.7. The third-order valence-corrected chi connectivity index (χ3v) is 3.90. The summed E-state index contributed by atoms with van der Waals surface area (Å²) in [6.07, 6.45) is 2.86. The first-order valence-electron chi connectivity index (χ1n) is 7.85. The average molecular weight is 293 g/mol. The summed E-state index contributed by atoms with van der Waals surface area (Å²) in [4.78, 5) is 0. The second kappa shape index (κ2) is 8.24. The highest BCUT2D eigenvalue weighted by atomic mass is 16.5. The van der Waals surface area contributed by atoms with E-state index in [2.05, 4.69) is 44.2 Å². The van der Waals surface area contributed by atoms with Gasteiger partial charge >= 0.3 is 0 Å². The van der Waals surface area contributed by atoms with E-state index in [0.29, 0.717) is 6.61 Å². The van der Waals surface area contributed by atoms with Gasteiger partial charge in [-0.1, -0.05) is 42.0 Å². The normalized spacial score (nSPS) is 11.7. The molecule has 2 heteroatoms. The molecule has 1 atom stereocenters. The van der Waals surface area contributed by atoms with Crippen LogP contribution in [0.1, 0.15) is 41.9 Å². The Labute approximate surface area is 133 Å². The van der Waals surface area contributed by atoms with Crippen molar-refractivity contribution in [2.24, 2.45) is 0 Å². The number of hydrogen-bond acceptors (Lipinski definition) is 2. The van der Waals surface area contributed by atoms with E-state index in [1.165, 1.54) is 11.1 Å². The fraction of sp³-hybridized carbons (Fsp3) is 0.350. The molecule has 0 fully saturated rings. The molecular formula is C20H23NO. The Morgan fingerprint density at radius 2 is 1.73 bits per heavy atom. The summed E-state index contributed by atoms with van der Waals surface area (Å²) in [5, 5.41) is 9.38. The molecule has 0 aliphatic rings. The Bertz CT molecular complexity index is 625. The highest BCUT2D eigenvalue weighted by Crippen LogP contribution is 2.24. The summed E-state index contributed by atoms with van der Waals surface area (Å²) in [6.45, 7) is 4.84. The number of benzene rings is 2. The number of ether oxygens (including phenoxy) is 1. The van der Waals surface area contributed by atoms with E-state index in [4.69, 9.17) is 4.74 Å². The zero-order valence-electron chi connectivity index (χ0n) is 13.4. The maximum atomic E-state index is 9.38. The molecule has 0 spiro atoms. The van der Waals surface area contributed by atoms with E-state index in [1.807, 2.05) is 24.3 Å². The number of rotatable bonds is 7. The van der Waals surface area contributed by atoms with Gasteiger partial charge in [-0.2, -0.15) is 5.26 Å². The third kappa shape index (κ3) is 4.63. The highest BCUT2D eigenvalue weighted by Gasteiger charge is 2.12. The molecule has 2 aromatic rings. The SMILES string of the molecule is Cc1ccc(OCCCCC(C#N)c2ccccc2C)cc1. The van der Waals surface area contributed by atoms with Gasteiger partial charge in [0.05, 0.1) is 18.6 Å². The maximum absolute atomic E-state index is 9.38. The second-order valence-corrected chi connectivity index (χ2v) is 5.70. The predicted octanol–water partition coefficient (Wildman–Crippen LogP) is 5.16. The van der Waals surface area contributed by atoms with Crippen LogP contribution >= 0.6 is 0 Å². The van der Waals surface area contributed by atoms with E-state index in [9.17, 15) is 5.26 Å². The van der Waals surface area contributed by atoms with Crippen LogP contribution in [-0.4, -0.2) is 6.61 Å². The van der Waals surface area contributed by atoms with Crippen molar-refractivity contribution in [2.45, 2.75) is 39.0 Å². The molecule has 0 radical (unpaired) electrons. The molecule has 0 N–H and O–H groups in total. The molecule has 2 rings (SSSR count). The van der Waals surface area contributed by atoms with E-state index in [0.717, 1.165) is 30.6 Å². The number of aryl methyl sites for hydroxylation is 2. The first-order valence-corrected chi connectivity index (χ1v) is 7.85. The van der Waals surface area contributed by atoms with E-state index < -0.39 is 0 Å². The number of unbranched alkanes of at least 4 members (excludes halogenated alkanes) is 1. The van der Waals surface area contributed by atoms with Crippen molar-refractivity contribution in [3.8, 4) is 11.8 Å². The fourth-order valence-corrected chi connectivity index (χ4v) is 2.54. The monoisotopic (exact) mass is 293 g/mol. The summed E-state index contributed by atoms with van der Waals surface area (Å²) in [7, 11) is 0. The van der Waals surface area contributed by atoms with E-state index >= 15 is 0 Å². The minimum Gasteiger partial charge on any atom is -0.494 e. The molecule has 0 bridgehead atoms. The van der Waals surface area contributed by atoms with E-state index in [-0.39, 0.29) is 5.92 Å². The van der Waals surface area contributed by atoms with Gasteiger partial charge in [-0.05, 0) is 56.4 Å². The molecule has 22 heavy (non-hydrogen) atoms.